The molecule has 1 rings (SSSR count). The molecule has 1 N–H and O–H groups in total. The molecule has 1 aromatic heterocycles. The van der Waals surface area contributed by atoms with Gasteiger partial charge in [0.2, 0.25) is 5.91 Å². The molecule has 0 aliphatic heterocycles. The molecule has 1 amide bonds. The zero-order valence-electron chi connectivity index (χ0n) is 7.96. The average Bonchev–Trinajstić information content (AvgIpc) is 2.24. The summed E-state index contributed by atoms with van der Waals surface area (Å²) in [6.45, 7) is 0.176. The Labute approximate surface area is 96.0 Å². The molecule has 0 aromatic carbocycles. The van der Waals surface area contributed by atoms with E-state index in [4.69, 9.17) is 23.2 Å². The number of halogens is 2. The number of hydrogen-bond acceptors (Lipinski definition) is 3. The monoisotopic (exact) mass is 249 g/mol. The molecule has 5 nitrogen and oxygen atoms in total. The van der Waals surface area contributed by atoms with Crippen LogP contribution in [0, 0.1) is 0 Å². The van der Waals surface area contributed by atoms with Crippen LogP contribution in [0.1, 0.15) is 6.42 Å². The molecular formula is C8H9Cl2N3O2. The predicted octanol–water partition coefficient (Wildman–Crippen LogP) is 0.686. The van der Waals surface area contributed by atoms with Crippen molar-refractivity contribution in [2.24, 2.45) is 0 Å². The summed E-state index contributed by atoms with van der Waals surface area (Å²) in [6, 6.07) is 0. The highest BCUT2D eigenvalue weighted by Crippen LogP contribution is 2.14. The second-order valence-electron chi connectivity index (χ2n) is 2.76. The van der Waals surface area contributed by atoms with E-state index in [1.54, 1.807) is 0 Å². The molecule has 82 valence electrons. The number of carbonyl (C=O) groups is 1. The summed E-state index contributed by atoms with van der Waals surface area (Å²) in [6.07, 6.45) is 1.44. The lowest BCUT2D eigenvalue weighted by Gasteiger charge is -2.04. The van der Waals surface area contributed by atoms with Crippen LogP contribution in [0.25, 0.3) is 0 Å². The van der Waals surface area contributed by atoms with Crippen LogP contribution in [0.2, 0.25) is 10.0 Å². The molecule has 0 unspecified atom stereocenters. The van der Waals surface area contributed by atoms with E-state index in [9.17, 15) is 9.59 Å². The van der Waals surface area contributed by atoms with Crippen molar-refractivity contribution in [3.63, 3.8) is 0 Å². The van der Waals surface area contributed by atoms with Gasteiger partial charge in [-0.05, 0) is 0 Å². The Morgan fingerprint density at radius 3 is 2.87 bits per heavy atom. The van der Waals surface area contributed by atoms with Crippen molar-refractivity contribution in [2.45, 2.75) is 13.0 Å². The highest BCUT2D eigenvalue weighted by Gasteiger charge is 2.08. The summed E-state index contributed by atoms with van der Waals surface area (Å²) in [4.78, 5) is 22.4. The normalized spacial score (nSPS) is 10.1. The van der Waals surface area contributed by atoms with Crippen LogP contribution in [0.5, 0.6) is 0 Å². The Morgan fingerprint density at radius 1 is 1.60 bits per heavy atom. The summed E-state index contributed by atoms with van der Waals surface area (Å²) in [5, 5.41) is 6.22. The van der Waals surface area contributed by atoms with Crippen molar-refractivity contribution in [1.82, 2.24) is 15.1 Å². The Bertz CT molecular complexity index is 430. The van der Waals surface area contributed by atoms with Crippen molar-refractivity contribution in [3.8, 4) is 0 Å². The lowest BCUT2D eigenvalue weighted by molar-refractivity contribution is -0.120. The first-order valence-electron chi connectivity index (χ1n) is 4.18. The third kappa shape index (κ3) is 2.94. The zero-order chi connectivity index (χ0) is 11.4. The fraction of sp³-hybridized carbons (Fsp3) is 0.375. The molecular weight excluding hydrogens is 241 g/mol. The van der Waals surface area contributed by atoms with Crippen LogP contribution in [0.4, 0.5) is 0 Å². The maximum absolute atomic E-state index is 11.4. The summed E-state index contributed by atoms with van der Waals surface area (Å²) in [5.41, 5.74) is -0.493. The first-order chi connectivity index (χ1) is 7.06. The van der Waals surface area contributed by atoms with Gasteiger partial charge in [-0.2, -0.15) is 5.10 Å². The van der Waals surface area contributed by atoms with E-state index in [0.717, 1.165) is 4.68 Å². The van der Waals surface area contributed by atoms with E-state index in [2.05, 4.69) is 10.4 Å². The van der Waals surface area contributed by atoms with Gasteiger partial charge in [0.25, 0.3) is 5.56 Å². The minimum atomic E-state index is -0.493. The van der Waals surface area contributed by atoms with Gasteiger partial charge in [-0.1, -0.05) is 23.2 Å². The third-order valence-electron chi connectivity index (χ3n) is 1.77. The van der Waals surface area contributed by atoms with Crippen LogP contribution in [0.15, 0.2) is 11.0 Å². The Morgan fingerprint density at radius 2 is 2.27 bits per heavy atom. The second-order valence-corrected chi connectivity index (χ2v) is 3.54. The number of nitrogens with one attached hydrogen (secondary N) is 1. The predicted molar refractivity (Wildman–Crippen MR) is 57.2 cm³/mol. The molecule has 7 heteroatoms. The minimum absolute atomic E-state index is 0.0800. The van der Waals surface area contributed by atoms with Gasteiger partial charge in [0.05, 0.1) is 17.8 Å². The summed E-state index contributed by atoms with van der Waals surface area (Å²) < 4.78 is 1.10. The first-order valence-corrected chi connectivity index (χ1v) is 4.93. The lowest BCUT2D eigenvalue weighted by Crippen LogP contribution is -2.27. The molecule has 15 heavy (non-hydrogen) atoms. The molecule has 1 aromatic rings. The van der Waals surface area contributed by atoms with E-state index >= 15 is 0 Å². The number of carbonyl (C=O) groups excluding carboxylic acids is 1. The highest BCUT2D eigenvalue weighted by atomic mass is 35.5. The number of nitrogens with zero attached hydrogens (tertiary/aromatic N) is 2. The third-order valence-corrected chi connectivity index (χ3v) is 2.52. The molecule has 0 saturated carbocycles. The highest BCUT2D eigenvalue weighted by molar-refractivity contribution is 6.41. The van der Waals surface area contributed by atoms with Gasteiger partial charge in [0.1, 0.15) is 5.02 Å². The van der Waals surface area contributed by atoms with Crippen LogP contribution < -0.4 is 10.9 Å². The Hall–Kier alpha value is -1.07. The minimum Gasteiger partial charge on any atom is -0.359 e. The first kappa shape index (κ1) is 12.0. The van der Waals surface area contributed by atoms with Crippen molar-refractivity contribution in [1.29, 1.82) is 0 Å². The number of aromatic nitrogens is 2. The zero-order valence-corrected chi connectivity index (χ0v) is 9.47. The number of amides is 1. The molecule has 0 bridgehead atoms. The van der Waals surface area contributed by atoms with E-state index in [0.29, 0.717) is 0 Å². The summed E-state index contributed by atoms with van der Waals surface area (Å²) >= 11 is 11.2. The smallest absolute Gasteiger partial charge is 0.287 e. The quantitative estimate of drug-likeness (QED) is 0.858. The molecule has 0 saturated heterocycles. The van der Waals surface area contributed by atoms with Gasteiger partial charge >= 0.3 is 0 Å². The van der Waals surface area contributed by atoms with Gasteiger partial charge in [0.15, 0.2) is 0 Å². The molecule has 1 heterocycles. The number of rotatable bonds is 3. The molecule has 0 aliphatic carbocycles. The van der Waals surface area contributed by atoms with E-state index < -0.39 is 5.56 Å². The van der Waals surface area contributed by atoms with Crippen LogP contribution in [0.3, 0.4) is 0 Å². The van der Waals surface area contributed by atoms with Gasteiger partial charge in [-0.3, -0.25) is 9.59 Å². The second kappa shape index (κ2) is 5.14. The van der Waals surface area contributed by atoms with Crippen molar-refractivity contribution >= 4 is 29.1 Å². The van der Waals surface area contributed by atoms with E-state index in [1.165, 1.54) is 13.2 Å². The molecule has 0 radical (unpaired) electrons. The van der Waals surface area contributed by atoms with E-state index in [-0.39, 0.29) is 28.9 Å². The fourth-order valence-corrected chi connectivity index (χ4v) is 1.21. The Kier molecular flexibility index (Phi) is 4.11. The van der Waals surface area contributed by atoms with Crippen molar-refractivity contribution in [2.75, 3.05) is 7.05 Å². The maximum Gasteiger partial charge on any atom is 0.287 e. The summed E-state index contributed by atoms with van der Waals surface area (Å²) in [7, 11) is 1.52. The number of hydrogen-bond donors (Lipinski definition) is 1. The maximum atomic E-state index is 11.4. The molecule has 0 fully saturated rings. The van der Waals surface area contributed by atoms with Crippen LogP contribution in [-0.2, 0) is 11.3 Å². The fourth-order valence-electron chi connectivity index (χ4n) is 0.937. The largest absolute Gasteiger partial charge is 0.359 e. The molecule has 0 aliphatic rings. The van der Waals surface area contributed by atoms with Gasteiger partial charge in [-0.25, -0.2) is 4.68 Å². The lowest BCUT2D eigenvalue weighted by atomic mass is 10.4. The molecule has 0 spiro atoms. The molecule has 0 atom stereocenters. The average molecular weight is 250 g/mol. The van der Waals surface area contributed by atoms with Crippen LogP contribution in [-0.4, -0.2) is 22.7 Å². The SMILES string of the molecule is CNC(=O)CCn1ncc(Cl)c(Cl)c1=O. The van der Waals surface area contributed by atoms with Gasteiger partial charge < -0.3 is 5.32 Å². The topological polar surface area (TPSA) is 64.0 Å². The van der Waals surface area contributed by atoms with Gasteiger partial charge in [-0.15, -0.1) is 0 Å². The van der Waals surface area contributed by atoms with Gasteiger partial charge in [0, 0.05) is 13.5 Å². The summed E-state index contributed by atoms with van der Waals surface area (Å²) in [5.74, 6) is -0.172. The number of aryl methyl sites for hydroxylation is 1. The van der Waals surface area contributed by atoms with Crippen molar-refractivity contribution in [3.05, 3.63) is 26.6 Å². The van der Waals surface area contributed by atoms with Crippen molar-refractivity contribution < 1.29 is 4.79 Å². The van der Waals surface area contributed by atoms with E-state index in [1.807, 2.05) is 0 Å². The standard InChI is InChI=1S/C8H9Cl2N3O2/c1-11-6(14)2-3-13-8(15)7(10)5(9)4-12-13/h4H,2-3H2,1H3,(H,11,14). The Balaban J connectivity index is 2.84. The van der Waals surface area contributed by atoms with Crippen LogP contribution >= 0.6 is 23.2 Å².